The summed E-state index contributed by atoms with van der Waals surface area (Å²) in [7, 11) is 3.83. The lowest BCUT2D eigenvalue weighted by Gasteiger charge is -2.41. The van der Waals surface area contributed by atoms with E-state index in [1.807, 2.05) is 0 Å². The van der Waals surface area contributed by atoms with Crippen LogP contribution in [0.25, 0.3) is 0 Å². The number of nitrogens with zero attached hydrogens (tertiary/aromatic N) is 1. The Hall–Kier alpha value is -1.06. The van der Waals surface area contributed by atoms with Crippen LogP contribution in [0.1, 0.15) is 50.3 Å². The van der Waals surface area contributed by atoms with Gasteiger partial charge in [-0.15, -0.1) is 0 Å². The fourth-order valence-electron chi connectivity index (χ4n) is 3.65. The van der Waals surface area contributed by atoms with E-state index < -0.39 is 0 Å². The molecular weight excluding hydrogens is 260 g/mol. The zero-order valence-corrected chi connectivity index (χ0v) is 14.0. The van der Waals surface area contributed by atoms with Crippen molar-refractivity contribution in [3.8, 4) is 5.75 Å². The smallest absolute Gasteiger partial charge is 0.119 e. The van der Waals surface area contributed by atoms with E-state index in [9.17, 15) is 0 Å². The second kappa shape index (κ2) is 7.81. The normalized spacial score (nSPS) is 21.4. The molecule has 1 aliphatic carbocycles. The van der Waals surface area contributed by atoms with E-state index in [-0.39, 0.29) is 0 Å². The number of aryl methyl sites for hydroxylation is 1. The third kappa shape index (κ3) is 3.58. The van der Waals surface area contributed by atoms with E-state index in [0.29, 0.717) is 12.1 Å². The molecular formula is C18H30N2O. The second-order valence-electron chi connectivity index (χ2n) is 5.97. The molecule has 3 heteroatoms. The number of ether oxygens (including phenoxy) is 1. The van der Waals surface area contributed by atoms with Crippen molar-refractivity contribution in [1.82, 2.24) is 10.2 Å². The van der Waals surface area contributed by atoms with Gasteiger partial charge < -0.3 is 10.1 Å². The molecule has 0 radical (unpaired) electrons. The fraction of sp³-hybridized carbons (Fsp3) is 0.667. The topological polar surface area (TPSA) is 24.5 Å². The van der Waals surface area contributed by atoms with Crippen molar-refractivity contribution >= 4 is 0 Å². The van der Waals surface area contributed by atoms with Crippen LogP contribution in [-0.4, -0.2) is 38.2 Å². The lowest BCUT2D eigenvalue weighted by molar-refractivity contribution is 0.143. The Balaban J connectivity index is 2.28. The van der Waals surface area contributed by atoms with Crippen LogP contribution in [0.2, 0.25) is 0 Å². The van der Waals surface area contributed by atoms with Gasteiger partial charge in [-0.2, -0.15) is 0 Å². The molecule has 0 bridgehead atoms. The minimum atomic E-state index is 0.405. The summed E-state index contributed by atoms with van der Waals surface area (Å²) in [5.74, 6) is 0.965. The summed E-state index contributed by atoms with van der Waals surface area (Å²) in [4.78, 5) is 2.67. The van der Waals surface area contributed by atoms with Crippen molar-refractivity contribution in [2.75, 3.05) is 27.2 Å². The van der Waals surface area contributed by atoms with Crippen LogP contribution in [0.4, 0.5) is 0 Å². The Morgan fingerprint density at radius 1 is 1.24 bits per heavy atom. The van der Waals surface area contributed by atoms with Gasteiger partial charge in [0.1, 0.15) is 5.75 Å². The largest absolute Gasteiger partial charge is 0.497 e. The van der Waals surface area contributed by atoms with Gasteiger partial charge in [0, 0.05) is 12.1 Å². The molecule has 0 saturated carbocycles. The maximum absolute atomic E-state index is 5.42. The maximum atomic E-state index is 5.42. The standard InChI is InChI=1S/C18H30N2O/c1-5-11-20(12-6-2)17-10-8-14-7-9-15(21-4)13-16(14)18(17)19-3/h7,9,13,17-19H,5-6,8,10-12H2,1-4H3. The molecule has 1 aromatic rings. The first-order chi connectivity index (χ1) is 10.2. The summed E-state index contributed by atoms with van der Waals surface area (Å²) in [5.41, 5.74) is 2.89. The maximum Gasteiger partial charge on any atom is 0.119 e. The zero-order chi connectivity index (χ0) is 15.2. The first-order valence-corrected chi connectivity index (χ1v) is 8.33. The summed E-state index contributed by atoms with van der Waals surface area (Å²) >= 11 is 0. The molecule has 118 valence electrons. The van der Waals surface area contributed by atoms with Crippen molar-refractivity contribution in [3.05, 3.63) is 29.3 Å². The van der Waals surface area contributed by atoms with E-state index in [1.165, 1.54) is 49.9 Å². The number of fused-ring (bicyclic) bond motifs is 1. The summed E-state index contributed by atoms with van der Waals surface area (Å²) in [6, 6.07) is 7.54. The molecule has 21 heavy (non-hydrogen) atoms. The Labute approximate surface area is 129 Å². The summed E-state index contributed by atoms with van der Waals surface area (Å²) in [6.45, 7) is 6.93. The quantitative estimate of drug-likeness (QED) is 0.833. The molecule has 3 nitrogen and oxygen atoms in total. The SMILES string of the molecule is CCCN(CCC)C1CCc2ccc(OC)cc2C1NC. The summed E-state index contributed by atoms with van der Waals surface area (Å²) < 4.78 is 5.42. The van der Waals surface area contributed by atoms with Crippen molar-refractivity contribution < 1.29 is 4.74 Å². The lowest BCUT2D eigenvalue weighted by Crippen LogP contribution is -2.47. The molecule has 2 rings (SSSR count). The monoisotopic (exact) mass is 290 g/mol. The average molecular weight is 290 g/mol. The van der Waals surface area contributed by atoms with Gasteiger partial charge in [-0.05, 0) is 69.1 Å². The van der Waals surface area contributed by atoms with E-state index in [2.05, 4.69) is 49.3 Å². The van der Waals surface area contributed by atoms with Crippen molar-refractivity contribution in [3.63, 3.8) is 0 Å². The van der Waals surface area contributed by atoms with Gasteiger partial charge in [0.2, 0.25) is 0 Å². The first kappa shape index (κ1) is 16.3. The molecule has 2 atom stereocenters. The van der Waals surface area contributed by atoms with Gasteiger partial charge in [-0.1, -0.05) is 19.9 Å². The minimum absolute atomic E-state index is 0.405. The van der Waals surface area contributed by atoms with Crippen LogP contribution in [0.5, 0.6) is 5.75 Å². The van der Waals surface area contributed by atoms with Gasteiger partial charge in [-0.3, -0.25) is 4.90 Å². The number of methoxy groups -OCH3 is 1. The highest BCUT2D eigenvalue weighted by atomic mass is 16.5. The molecule has 0 aromatic heterocycles. The summed E-state index contributed by atoms with van der Waals surface area (Å²) in [5, 5.41) is 3.56. The number of benzene rings is 1. The molecule has 0 fully saturated rings. The summed E-state index contributed by atoms with van der Waals surface area (Å²) in [6.07, 6.45) is 4.85. The highest BCUT2D eigenvalue weighted by Crippen LogP contribution is 2.35. The van der Waals surface area contributed by atoms with Crippen molar-refractivity contribution in [2.24, 2.45) is 0 Å². The van der Waals surface area contributed by atoms with Crippen molar-refractivity contribution in [1.29, 1.82) is 0 Å². The third-order valence-corrected chi connectivity index (χ3v) is 4.58. The van der Waals surface area contributed by atoms with Crippen molar-refractivity contribution in [2.45, 2.75) is 51.6 Å². The third-order valence-electron chi connectivity index (χ3n) is 4.58. The zero-order valence-electron chi connectivity index (χ0n) is 14.0. The van der Waals surface area contributed by atoms with Crippen LogP contribution in [0.15, 0.2) is 18.2 Å². The Morgan fingerprint density at radius 3 is 2.52 bits per heavy atom. The molecule has 0 spiro atoms. The minimum Gasteiger partial charge on any atom is -0.497 e. The van der Waals surface area contributed by atoms with Crippen LogP contribution >= 0.6 is 0 Å². The van der Waals surface area contributed by atoms with Gasteiger partial charge in [-0.25, -0.2) is 0 Å². The highest BCUT2D eigenvalue weighted by Gasteiger charge is 2.32. The molecule has 0 amide bonds. The Kier molecular flexibility index (Phi) is 6.07. The molecule has 1 aliphatic rings. The van der Waals surface area contributed by atoms with Crippen LogP contribution in [-0.2, 0) is 6.42 Å². The Bertz CT molecular complexity index is 441. The number of nitrogens with one attached hydrogen (secondary N) is 1. The number of likely N-dealkylation sites (N-methyl/N-ethyl adjacent to an activating group) is 1. The number of rotatable bonds is 7. The number of hydrogen-bond donors (Lipinski definition) is 1. The predicted octanol–water partition coefficient (Wildman–Crippen LogP) is 3.39. The first-order valence-electron chi connectivity index (χ1n) is 8.33. The van der Waals surface area contributed by atoms with Gasteiger partial charge in [0.15, 0.2) is 0 Å². The fourth-order valence-corrected chi connectivity index (χ4v) is 3.65. The van der Waals surface area contributed by atoms with Gasteiger partial charge in [0.25, 0.3) is 0 Å². The molecule has 1 N–H and O–H groups in total. The second-order valence-corrected chi connectivity index (χ2v) is 5.97. The van der Waals surface area contributed by atoms with Crippen LogP contribution < -0.4 is 10.1 Å². The highest BCUT2D eigenvalue weighted by molar-refractivity contribution is 5.40. The molecule has 1 aromatic carbocycles. The lowest BCUT2D eigenvalue weighted by atomic mass is 9.83. The molecule has 0 heterocycles. The van der Waals surface area contributed by atoms with E-state index in [0.717, 1.165) is 5.75 Å². The van der Waals surface area contributed by atoms with E-state index >= 15 is 0 Å². The molecule has 0 aliphatic heterocycles. The molecule has 2 unspecified atom stereocenters. The van der Waals surface area contributed by atoms with Crippen LogP contribution in [0.3, 0.4) is 0 Å². The Morgan fingerprint density at radius 2 is 1.95 bits per heavy atom. The number of hydrogen-bond acceptors (Lipinski definition) is 3. The van der Waals surface area contributed by atoms with E-state index in [4.69, 9.17) is 4.74 Å². The molecule has 0 saturated heterocycles. The average Bonchev–Trinajstić information content (AvgIpc) is 2.53. The van der Waals surface area contributed by atoms with Crippen LogP contribution in [0, 0.1) is 0 Å². The van der Waals surface area contributed by atoms with Gasteiger partial charge in [0.05, 0.1) is 7.11 Å². The van der Waals surface area contributed by atoms with Gasteiger partial charge >= 0.3 is 0 Å². The predicted molar refractivity (Wildman–Crippen MR) is 89.1 cm³/mol. The van der Waals surface area contributed by atoms with E-state index in [1.54, 1.807) is 7.11 Å².